The van der Waals surface area contributed by atoms with E-state index in [0.29, 0.717) is 5.92 Å². The summed E-state index contributed by atoms with van der Waals surface area (Å²) in [6, 6.07) is 0.0222. The molecule has 1 spiro atoms. The lowest BCUT2D eigenvalue weighted by molar-refractivity contribution is -0.192. The molecule has 0 aromatic heterocycles. The Labute approximate surface area is 167 Å². The van der Waals surface area contributed by atoms with E-state index < -0.39 is 12.1 Å². The molecule has 2 atom stereocenters. The Morgan fingerprint density at radius 3 is 2.03 bits per heavy atom. The molecule has 29 heavy (non-hydrogen) atoms. The first-order chi connectivity index (χ1) is 13.4. The van der Waals surface area contributed by atoms with Crippen LogP contribution in [0.1, 0.15) is 25.7 Å². The predicted molar refractivity (Wildman–Crippen MR) is 98.1 cm³/mol. The van der Waals surface area contributed by atoms with Gasteiger partial charge in [0.05, 0.1) is 5.41 Å². The molecule has 3 amide bonds. The monoisotopic (exact) mass is 422 g/mol. The Kier molecular flexibility index (Phi) is 6.71. The maximum Gasteiger partial charge on any atom is 0.490 e. The standard InChI is InChI=1S/C16H28N4O2.C2HF3O2/c1-17-13(21)16-5-4-15(12(16)10-19(3)11-16)6-8-20(9-7-15)14(22)18-2;3-2(4,5)1(6)7/h12H,4-11H2,1-3H3,(H,17,21)(H,18,22);(H,6,7)/t12-,16+;/m0./s1. The van der Waals surface area contributed by atoms with Crippen molar-refractivity contribution < 1.29 is 32.7 Å². The zero-order chi connectivity index (χ0) is 22.0. The van der Waals surface area contributed by atoms with Gasteiger partial charge in [0.15, 0.2) is 0 Å². The number of carbonyl (C=O) groups excluding carboxylic acids is 2. The van der Waals surface area contributed by atoms with Crippen LogP contribution in [-0.2, 0) is 9.59 Å². The first-order valence-corrected chi connectivity index (χ1v) is 9.59. The highest BCUT2D eigenvalue weighted by Crippen LogP contribution is 2.61. The number of urea groups is 1. The molecule has 1 aliphatic carbocycles. The quantitative estimate of drug-likeness (QED) is 0.588. The molecule has 8 nitrogen and oxygen atoms in total. The van der Waals surface area contributed by atoms with Gasteiger partial charge >= 0.3 is 18.2 Å². The number of hydrogen-bond donors (Lipinski definition) is 3. The van der Waals surface area contributed by atoms with Gasteiger partial charge in [0.1, 0.15) is 0 Å². The molecule has 0 bridgehead atoms. The van der Waals surface area contributed by atoms with E-state index in [0.717, 1.165) is 51.9 Å². The highest BCUT2D eigenvalue weighted by molar-refractivity contribution is 5.84. The number of nitrogens with one attached hydrogen (secondary N) is 2. The van der Waals surface area contributed by atoms with Gasteiger partial charge in [-0.05, 0) is 44.1 Å². The zero-order valence-corrected chi connectivity index (χ0v) is 16.9. The number of amides is 3. The van der Waals surface area contributed by atoms with Gasteiger partial charge in [0.2, 0.25) is 5.91 Å². The largest absolute Gasteiger partial charge is 0.490 e. The number of halogens is 3. The van der Waals surface area contributed by atoms with Gasteiger partial charge in [-0.25, -0.2) is 9.59 Å². The van der Waals surface area contributed by atoms with Crippen LogP contribution in [0.15, 0.2) is 0 Å². The summed E-state index contributed by atoms with van der Waals surface area (Å²) in [5.74, 6) is -2.11. The van der Waals surface area contributed by atoms with Gasteiger partial charge in [-0.3, -0.25) is 4.79 Å². The maximum atomic E-state index is 12.6. The number of carboxylic acid groups (broad SMARTS) is 1. The summed E-state index contributed by atoms with van der Waals surface area (Å²) in [7, 11) is 5.56. The van der Waals surface area contributed by atoms with Crippen molar-refractivity contribution in [3.63, 3.8) is 0 Å². The minimum Gasteiger partial charge on any atom is -0.475 e. The average molecular weight is 422 g/mol. The summed E-state index contributed by atoms with van der Waals surface area (Å²) in [5.41, 5.74) is 0.0283. The Morgan fingerprint density at radius 1 is 1.03 bits per heavy atom. The van der Waals surface area contributed by atoms with Crippen molar-refractivity contribution in [3.8, 4) is 0 Å². The summed E-state index contributed by atoms with van der Waals surface area (Å²) in [4.78, 5) is 37.5. The van der Waals surface area contributed by atoms with Crippen LogP contribution >= 0.6 is 0 Å². The molecule has 3 aliphatic rings. The number of aliphatic carboxylic acids is 1. The molecule has 0 radical (unpaired) electrons. The smallest absolute Gasteiger partial charge is 0.475 e. The molecule has 3 fully saturated rings. The van der Waals surface area contributed by atoms with Crippen LogP contribution in [-0.4, -0.2) is 86.3 Å². The summed E-state index contributed by atoms with van der Waals surface area (Å²) in [6.45, 7) is 3.50. The van der Waals surface area contributed by atoms with Crippen LogP contribution in [0.3, 0.4) is 0 Å². The fourth-order valence-corrected chi connectivity index (χ4v) is 5.33. The van der Waals surface area contributed by atoms with Gasteiger partial charge in [0.25, 0.3) is 0 Å². The van der Waals surface area contributed by atoms with Crippen LogP contribution in [0, 0.1) is 16.7 Å². The Morgan fingerprint density at radius 2 is 1.59 bits per heavy atom. The number of carboxylic acids is 1. The molecule has 166 valence electrons. The van der Waals surface area contributed by atoms with E-state index in [9.17, 15) is 22.8 Å². The van der Waals surface area contributed by atoms with Crippen molar-refractivity contribution >= 4 is 17.9 Å². The first-order valence-electron chi connectivity index (χ1n) is 9.59. The van der Waals surface area contributed by atoms with Gasteiger partial charge < -0.3 is 25.5 Å². The van der Waals surface area contributed by atoms with Crippen LogP contribution < -0.4 is 10.6 Å². The predicted octanol–water partition coefficient (Wildman–Crippen LogP) is 1.13. The molecule has 2 heterocycles. The highest BCUT2D eigenvalue weighted by Gasteiger charge is 2.63. The van der Waals surface area contributed by atoms with Crippen LogP contribution in [0.25, 0.3) is 0 Å². The Balaban J connectivity index is 0.000000370. The first kappa shape index (κ1) is 23.2. The van der Waals surface area contributed by atoms with E-state index in [4.69, 9.17) is 9.90 Å². The second-order valence-corrected chi connectivity index (χ2v) is 8.19. The third-order valence-electron chi connectivity index (χ3n) is 6.70. The molecule has 2 saturated heterocycles. The molecule has 2 aliphatic heterocycles. The molecule has 0 unspecified atom stereocenters. The average Bonchev–Trinajstić information content (AvgIpc) is 3.16. The van der Waals surface area contributed by atoms with Gasteiger partial charge in [-0.2, -0.15) is 13.2 Å². The number of likely N-dealkylation sites (tertiary alicyclic amines) is 2. The van der Waals surface area contributed by atoms with Crippen molar-refractivity contribution in [1.82, 2.24) is 20.4 Å². The third kappa shape index (κ3) is 4.44. The summed E-state index contributed by atoms with van der Waals surface area (Å²) in [6.07, 6.45) is -0.919. The second-order valence-electron chi connectivity index (χ2n) is 8.19. The van der Waals surface area contributed by atoms with Gasteiger partial charge in [0, 0.05) is 40.3 Å². The number of nitrogens with zero attached hydrogens (tertiary/aromatic N) is 2. The summed E-state index contributed by atoms with van der Waals surface area (Å²) >= 11 is 0. The van der Waals surface area contributed by atoms with Crippen LogP contribution in [0.2, 0.25) is 0 Å². The number of alkyl halides is 3. The lowest BCUT2D eigenvalue weighted by Gasteiger charge is -2.44. The SMILES string of the molecule is CNC(=O)N1CCC2(CC1)CC[C@@]1(C(=O)NC)CN(C)C[C@@H]21.O=C(O)C(F)(F)F. The van der Waals surface area contributed by atoms with E-state index in [1.165, 1.54) is 0 Å². The van der Waals surface area contributed by atoms with E-state index in [-0.39, 0.29) is 22.8 Å². The summed E-state index contributed by atoms with van der Waals surface area (Å²) < 4.78 is 31.7. The lowest BCUT2D eigenvalue weighted by atomic mass is 9.65. The second kappa shape index (κ2) is 8.37. The zero-order valence-electron chi connectivity index (χ0n) is 16.9. The van der Waals surface area contributed by atoms with Crippen molar-refractivity contribution in [3.05, 3.63) is 0 Å². The topological polar surface area (TPSA) is 102 Å². The highest BCUT2D eigenvalue weighted by atomic mass is 19.4. The Hall–Kier alpha value is -2.04. The molecular weight excluding hydrogens is 393 g/mol. The summed E-state index contributed by atoms with van der Waals surface area (Å²) in [5, 5.41) is 12.7. The lowest BCUT2D eigenvalue weighted by Crippen LogP contribution is -2.50. The molecule has 11 heteroatoms. The number of carbonyl (C=O) groups is 3. The number of piperidine rings is 1. The van der Waals surface area contributed by atoms with Crippen molar-refractivity contribution in [2.75, 3.05) is 47.3 Å². The number of fused-ring (bicyclic) bond motifs is 2. The van der Waals surface area contributed by atoms with Crippen molar-refractivity contribution in [1.29, 1.82) is 0 Å². The van der Waals surface area contributed by atoms with Gasteiger partial charge in [-0.1, -0.05) is 0 Å². The molecule has 3 N–H and O–H groups in total. The third-order valence-corrected chi connectivity index (χ3v) is 6.70. The van der Waals surface area contributed by atoms with Crippen molar-refractivity contribution in [2.45, 2.75) is 31.9 Å². The van der Waals surface area contributed by atoms with E-state index in [1.807, 2.05) is 4.90 Å². The number of rotatable bonds is 1. The Bertz CT molecular complexity index is 650. The molecule has 3 rings (SSSR count). The normalized spacial score (nSPS) is 28.3. The van der Waals surface area contributed by atoms with Crippen LogP contribution in [0.4, 0.5) is 18.0 Å². The fourth-order valence-electron chi connectivity index (χ4n) is 5.33. The van der Waals surface area contributed by atoms with Gasteiger partial charge in [-0.15, -0.1) is 0 Å². The fraction of sp³-hybridized carbons (Fsp3) is 0.833. The molecule has 0 aromatic rings. The van der Waals surface area contributed by atoms with Crippen molar-refractivity contribution in [2.24, 2.45) is 16.7 Å². The minimum absolute atomic E-state index is 0.0222. The minimum atomic E-state index is -5.08. The van der Waals surface area contributed by atoms with E-state index >= 15 is 0 Å². The van der Waals surface area contributed by atoms with E-state index in [1.54, 1.807) is 14.1 Å². The molecule has 1 saturated carbocycles. The molecule has 0 aromatic carbocycles. The van der Waals surface area contributed by atoms with E-state index in [2.05, 4.69) is 22.6 Å². The number of hydrogen-bond acceptors (Lipinski definition) is 4. The van der Waals surface area contributed by atoms with Crippen LogP contribution in [0.5, 0.6) is 0 Å². The maximum absolute atomic E-state index is 12.6. The molecular formula is C18H29F3N4O4.